The monoisotopic (exact) mass is 223 g/mol. The highest BCUT2D eigenvalue weighted by atomic mass is 32.2. The minimum Gasteiger partial charge on any atom is -0.391 e. The maximum atomic E-state index is 9.65. The maximum absolute atomic E-state index is 9.65. The fourth-order valence-corrected chi connectivity index (χ4v) is 3.05. The van der Waals surface area contributed by atoms with E-state index < -0.39 is 0 Å². The Morgan fingerprint density at radius 2 is 2.20 bits per heavy atom. The SMILES string of the molecule is Cc1ccccc1CSC1CNCC1O. The van der Waals surface area contributed by atoms with Crippen LogP contribution in [0.1, 0.15) is 11.1 Å². The van der Waals surface area contributed by atoms with Crippen molar-refractivity contribution in [1.29, 1.82) is 0 Å². The number of benzene rings is 1. The van der Waals surface area contributed by atoms with Crippen molar-refractivity contribution in [3.8, 4) is 0 Å². The Kier molecular flexibility index (Phi) is 3.67. The summed E-state index contributed by atoms with van der Waals surface area (Å²) in [4.78, 5) is 0. The Morgan fingerprint density at radius 3 is 2.87 bits per heavy atom. The van der Waals surface area contributed by atoms with Crippen LogP contribution in [0, 0.1) is 6.92 Å². The Hall–Kier alpha value is -0.510. The summed E-state index contributed by atoms with van der Waals surface area (Å²) in [6, 6.07) is 8.44. The van der Waals surface area contributed by atoms with Crippen LogP contribution in [0.4, 0.5) is 0 Å². The molecule has 0 amide bonds. The molecular weight excluding hydrogens is 206 g/mol. The summed E-state index contributed by atoms with van der Waals surface area (Å²) in [7, 11) is 0. The number of hydrogen-bond donors (Lipinski definition) is 2. The number of hydrogen-bond acceptors (Lipinski definition) is 3. The first-order valence-electron chi connectivity index (χ1n) is 5.32. The first-order chi connectivity index (χ1) is 7.27. The highest BCUT2D eigenvalue weighted by Gasteiger charge is 2.24. The van der Waals surface area contributed by atoms with Crippen LogP contribution < -0.4 is 5.32 Å². The van der Waals surface area contributed by atoms with Gasteiger partial charge in [0.25, 0.3) is 0 Å². The van der Waals surface area contributed by atoms with Crippen molar-refractivity contribution < 1.29 is 5.11 Å². The van der Waals surface area contributed by atoms with E-state index >= 15 is 0 Å². The molecule has 0 spiro atoms. The summed E-state index contributed by atoms with van der Waals surface area (Å²) in [6.45, 7) is 3.81. The van der Waals surface area contributed by atoms with Crippen LogP contribution in [0.25, 0.3) is 0 Å². The fourth-order valence-electron chi connectivity index (χ4n) is 1.78. The van der Waals surface area contributed by atoms with E-state index in [1.54, 1.807) is 0 Å². The molecule has 2 nitrogen and oxygen atoms in total. The van der Waals surface area contributed by atoms with E-state index in [0.29, 0.717) is 5.25 Å². The second-order valence-corrected chi connectivity index (χ2v) is 5.23. The molecule has 1 saturated heterocycles. The van der Waals surface area contributed by atoms with Gasteiger partial charge in [-0.3, -0.25) is 0 Å². The van der Waals surface area contributed by atoms with Crippen LogP contribution in [0.2, 0.25) is 0 Å². The molecule has 2 unspecified atom stereocenters. The first kappa shape index (κ1) is 11.0. The van der Waals surface area contributed by atoms with Crippen LogP contribution in [-0.4, -0.2) is 29.5 Å². The van der Waals surface area contributed by atoms with Crippen molar-refractivity contribution in [3.63, 3.8) is 0 Å². The Bertz CT molecular complexity index is 329. The van der Waals surface area contributed by atoms with Gasteiger partial charge in [0, 0.05) is 24.1 Å². The summed E-state index contributed by atoms with van der Waals surface area (Å²) < 4.78 is 0. The second-order valence-electron chi connectivity index (χ2n) is 4.00. The lowest BCUT2D eigenvalue weighted by Crippen LogP contribution is -2.20. The Labute approximate surface area is 95.1 Å². The average molecular weight is 223 g/mol. The minimum absolute atomic E-state index is 0.181. The molecule has 2 rings (SSSR count). The number of β-amino-alcohol motifs (C(OH)–C–C–N with tert-alkyl or cyclic N) is 1. The van der Waals surface area contributed by atoms with Crippen molar-refractivity contribution in [3.05, 3.63) is 35.4 Å². The molecule has 1 aliphatic rings. The topological polar surface area (TPSA) is 32.3 Å². The van der Waals surface area contributed by atoms with Crippen molar-refractivity contribution in [2.24, 2.45) is 0 Å². The van der Waals surface area contributed by atoms with Gasteiger partial charge in [-0.15, -0.1) is 11.8 Å². The summed E-state index contributed by atoms with van der Waals surface area (Å²) >= 11 is 1.85. The van der Waals surface area contributed by atoms with Crippen LogP contribution in [0.15, 0.2) is 24.3 Å². The lowest BCUT2D eigenvalue weighted by atomic mass is 10.1. The third-order valence-electron chi connectivity index (χ3n) is 2.84. The molecular formula is C12H17NOS. The number of rotatable bonds is 3. The third-order valence-corrected chi connectivity index (χ3v) is 4.23. The van der Waals surface area contributed by atoms with Crippen LogP contribution in [-0.2, 0) is 5.75 Å². The van der Waals surface area contributed by atoms with Crippen molar-refractivity contribution >= 4 is 11.8 Å². The largest absolute Gasteiger partial charge is 0.391 e. The normalized spacial score (nSPS) is 25.7. The molecule has 2 N–H and O–H groups in total. The standard InChI is InChI=1S/C12H17NOS/c1-9-4-2-3-5-10(9)8-15-12-7-13-6-11(12)14/h2-5,11-14H,6-8H2,1H3. The quantitative estimate of drug-likeness (QED) is 0.815. The zero-order valence-electron chi connectivity index (χ0n) is 8.94. The molecule has 1 fully saturated rings. The smallest absolute Gasteiger partial charge is 0.0795 e. The zero-order chi connectivity index (χ0) is 10.7. The van der Waals surface area contributed by atoms with Crippen LogP contribution >= 0.6 is 11.8 Å². The molecule has 2 atom stereocenters. The summed E-state index contributed by atoms with van der Waals surface area (Å²) in [6.07, 6.45) is -0.181. The summed E-state index contributed by atoms with van der Waals surface area (Å²) in [5.41, 5.74) is 2.71. The molecule has 0 aromatic heterocycles. The van der Waals surface area contributed by atoms with Gasteiger partial charge < -0.3 is 10.4 Å². The zero-order valence-corrected chi connectivity index (χ0v) is 9.76. The highest BCUT2D eigenvalue weighted by Crippen LogP contribution is 2.23. The molecule has 0 bridgehead atoms. The predicted molar refractivity (Wildman–Crippen MR) is 65.1 cm³/mol. The molecule has 0 saturated carbocycles. The first-order valence-corrected chi connectivity index (χ1v) is 6.37. The van der Waals surface area contributed by atoms with Gasteiger partial charge in [0.05, 0.1) is 6.10 Å². The number of aliphatic hydroxyl groups excluding tert-OH is 1. The van der Waals surface area contributed by atoms with Crippen molar-refractivity contribution in [2.75, 3.05) is 13.1 Å². The molecule has 82 valence electrons. The summed E-state index contributed by atoms with van der Waals surface area (Å²) in [5, 5.41) is 13.2. The lowest BCUT2D eigenvalue weighted by Gasteiger charge is -2.13. The van der Waals surface area contributed by atoms with E-state index in [2.05, 4.69) is 36.5 Å². The van der Waals surface area contributed by atoms with Gasteiger partial charge in [-0.1, -0.05) is 24.3 Å². The molecule has 1 aliphatic heterocycles. The van der Waals surface area contributed by atoms with Gasteiger partial charge in [0.15, 0.2) is 0 Å². The van der Waals surface area contributed by atoms with E-state index in [0.717, 1.165) is 18.8 Å². The maximum Gasteiger partial charge on any atom is 0.0795 e. The third kappa shape index (κ3) is 2.74. The van der Waals surface area contributed by atoms with Gasteiger partial charge in [-0.25, -0.2) is 0 Å². The second kappa shape index (κ2) is 5.01. The molecule has 3 heteroatoms. The number of aliphatic hydroxyl groups is 1. The minimum atomic E-state index is -0.181. The number of aryl methyl sites for hydroxylation is 1. The molecule has 1 aromatic rings. The van der Waals surface area contributed by atoms with Crippen LogP contribution in [0.3, 0.4) is 0 Å². The van der Waals surface area contributed by atoms with Crippen molar-refractivity contribution in [1.82, 2.24) is 5.32 Å². The van der Waals surface area contributed by atoms with E-state index in [-0.39, 0.29) is 6.10 Å². The average Bonchev–Trinajstić information content (AvgIpc) is 2.63. The van der Waals surface area contributed by atoms with Crippen molar-refractivity contribution in [2.45, 2.75) is 24.0 Å². The molecule has 1 aromatic carbocycles. The van der Waals surface area contributed by atoms with E-state index in [4.69, 9.17) is 0 Å². The van der Waals surface area contributed by atoms with Gasteiger partial charge in [0.1, 0.15) is 0 Å². The molecule has 0 aliphatic carbocycles. The Morgan fingerprint density at radius 1 is 1.40 bits per heavy atom. The number of nitrogens with one attached hydrogen (secondary N) is 1. The van der Waals surface area contributed by atoms with Crippen LogP contribution in [0.5, 0.6) is 0 Å². The van der Waals surface area contributed by atoms with Gasteiger partial charge in [-0.2, -0.15) is 0 Å². The van der Waals surface area contributed by atoms with Gasteiger partial charge in [-0.05, 0) is 18.1 Å². The van der Waals surface area contributed by atoms with E-state index in [9.17, 15) is 5.11 Å². The van der Waals surface area contributed by atoms with E-state index in [1.165, 1.54) is 11.1 Å². The lowest BCUT2D eigenvalue weighted by molar-refractivity contribution is 0.201. The molecule has 15 heavy (non-hydrogen) atoms. The molecule has 0 radical (unpaired) electrons. The predicted octanol–water partition coefficient (Wildman–Crippen LogP) is 1.56. The van der Waals surface area contributed by atoms with Gasteiger partial charge >= 0.3 is 0 Å². The highest BCUT2D eigenvalue weighted by molar-refractivity contribution is 7.99. The molecule has 1 heterocycles. The van der Waals surface area contributed by atoms with Gasteiger partial charge in [0.2, 0.25) is 0 Å². The summed E-state index contributed by atoms with van der Waals surface area (Å²) in [5.74, 6) is 0.996. The Balaban J connectivity index is 1.90. The fraction of sp³-hybridized carbons (Fsp3) is 0.500. The number of thioether (sulfide) groups is 1. The van der Waals surface area contributed by atoms with E-state index in [1.807, 2.05) is 11.8 Å².